The molecule has 3 rings (SSSR count). The lowest BCUT2D eigenvalue weighted by molar-refractivity contribution is 0.533. The summed E-state index contributed by atoms with van der Waals surface area (Å²) in [5.41, 5.74) is 3.24. The van der Waals surface area contributed by atoms with Gasteiger partial charge in [0, 0.05) is 27.5 Å². The number of benzene rings is 2. The molecule has 1 aromatic heterocycles. The van der Waals surface area contributed by atoms with Crippen LogP contribution in [0.25, 0.3) is 22.4 Å². The fourth-order valence-corrected chi connectivity index (χ4v) is 3.19. The van der Waals surface area contributed by atoms with Gasteiger partial charge in [-0.2, -0.15) is 0 Å². The molecule has 3 nitrogen and oxygen atoms in total. The van der Waals surface area contributed by atoms with Gasteiger partial charge in [-0.25, -0.2) is 4.39 Å². The topological polar surface area (TPSA) is 53.0 Å². The maximum atomic E-state index is 14.2. The minimum absolute atomic E-state index is 0.146. The molecule has 1 heterocycles. The summed E-state index contributed by atoms with van der Waals surface area (Å²) in [5, 5.41) is 0. The predicted molar refractivity (Wildman–Crippen MR) is 95.4 cm³/mol. The maximum Gasteiger partial charge on any atom is 0.127 e. The van der Waals surface area contributed by atoms with Crippen LogP contribution in [0.1, 0.15) is 5.56 Å². The molecule has 0 fully saturated rings. The predicted octanol–water partition coefficient (Wildman–Crippen LogP) is 4.70. The van der Waals surface area contributed by atoms with E-state index in [0.717, 1.165) is 15.6 Å². The Morgan fingerprint density at radius 1 is 1.08 bits per heavy atom. The van der Waals surface area contributed by atoms with E-state index in [-0.39, 0.29) is 11.3 Å². The Morgan fingerprint density at radius 3 is 2.46 bits per heavy atom. The summed E-state index contributed by atoms with van der Waals surface area (Å²) in [4.78, 5) is 4.38. The zero-order chi connectivity index (χ0) is 17.1. The number of nitrogens with zero attached hydrogens (tertiary/aromatic N) is 1. The standard InChI is InChI=1S/C18H13BrFNO2S/c19-15-7-5-12(6-8-15)16-2-1-9-21-18(16)13-3-4-14(11-24(22)23)17(20)10-13/h1-10H,11H2,(H,22,23)/p-1. The first-order valence-electron chi connectivity index (χ1n) is 7.10. The molecular formula is C18H12BrFNO2S-. The monoisotopic (exact) mass is 404 g/mol. The lowest BCUT2D eigenvalue weighted by Gasteiger charge is -2.11. The fourth-order valence-electron chi connectivity index (χ4n) is 2.44. The van der Waals surface area contributed by atoms with Crippen LogP contribution in [0.4, 0.5) is 4.39 Å². The number of pyridine rings is 1. The third kappa shape index (κ3) is 3.77. The van der Waals surface area contributed by atoms with Crippen LogP contribution in [0, 0.1) is 5.82 Å². The van der Waals surface area contributed by atoms with E-state index in [1.807, 2.05) is 36.4 Å². The molecule has 0 aliphatic rings. The van der Waals surface area contributed by atoms with Crippen LogP contribution < -0.4 is 0 Å². The summed E-state index contributed by atoms with van der Waals surface area (Å²) in [5.74, 6) is -0.891. The highest BCUT2D eigenvalue weighted by molar-refractivity contribution is 9.10. The lowest BCUT2D eigenvalue weighted by atomic mass is 9.99. The molecule has 0 amide bonds. The van der Waals surface area contributed by atoms with Crippen molar-refractivity contribution in [3.8, 4) is 22.4 Å². The van der Waals surface area contributed by atoms with Gasteiger partial charge in [0.05, 0.1) is 5.69 Å². The first kappa shape index (κ1) is 17.0. The first-order valence-corrected chi connectivity index (χ1v) is 9.14. The van der Waals surface area contributed by atoms with Crippen LogP contribution in [-0.4, -0.2) is 13.7 Å². The highest BCUT2D eigenvalue weighted by atomic mass is 79.9. The van der Waals surface area contributed by atoms with Gasteiger partial charge in [-0.1, -0.05) is 57.3 Å². The Labute approximate surface area is 150 Å². The van der Waals surface area contributed by atoms with E-state index < -0.39 is 16.9 Å². The van der Waals surface area contributed by atoms with Crippen molar-refractivity contribution in [2.24, 2.45) is 0 Å². The van der Waals surface area contributed by atoms with Crippen LogP contribution in [0.5, 0.6) is 0 Å². The molecule has 6 heteroatoms. The summed E-state index contributed by atoms with van der Waals surface area (Å²) in [7, 11) is 0. The molecule has 1 atom stereocenters. The van der Waals surface area contributed by atoms with Gasteiger partial charge in [-0.15, -0.1) is 0 Å². The molecular weight excluding hydrogens is 393 g/mol. The van der Waals surface area contributed by atoms with Crippen LogP contribution in [-0.2, 0) is 16.8 Å². The van der Waals surface area contributed by atoms with Crippen molar-refractivity contribution in [3.63, 3.8) is 0 Å². The number of halogens is 2. The third-order valence-corrected chi connectivity index (χ3v) is 4.64. The number of hydrogen-bond acceptors (Lipinski definition) is 3. The molecule has 3 aromatic rings. The average Bonchev–Trinajstić information content (AvgIpc) is 2.57. The van der Waals surface area contributed by atoms with Crippen molar-refractivity contribution in [2.45, 2.75) is 5.75 Å². The Morgan fingerprint density at radius 2 is 1.79 bits per heavy atom. The summed E-state index contributed by atoms with van der Waals surface area (Å²) in [6, 6.07) is 16.0. The van der Waals surface area contributed by atoms with Gasteiger partial charge >= 0.3 is 0 Å². The second kappa shape index (κ2) is 7.34. The summed E-state index contributed by atoms with van der Waals surface area (Å²) >= 11 is 1.08. The van der Waals surface area contributed by atoms with E-state index in [1.54, 1.807) is 12.3 Å². The van der Waals surface area contributed by atoms with Gasteiger partial charge in [0.25, 0.3) is 0 Å². The highest BCUT2D eigenvalue weighted by Gasteiger charge is 2.11. The largest absolute Gasteiger partial charge is 0.772 e. The third-order valence-electron chi connectivity index (χ3n) is 3.56. The van der Waals surface area contributed by atoms with Gasteiger partial charge in [0.15, 0.2) is 0 Å². The zero-order valence-corrected chi connectivity index (χ0v) is 14.8. The summed E-state index contributed by atoms with van der Waals surface area (Å²) in [6.07, 6.45) is 1.65. The second-order valence-electron chi connectivity index (χ2n) is 5.16. The SMILES string of the molecule is O=S([O-])Cc1ccc(-c2ncccc2-c2ccc(Br)cc2)cc1F. The van der Waals surface area contributed by atoms with Crippen LogP contribution in [0.2, 0.25) is 0 Å². The van der Waals surface area contributed by atoms with E-state index in [2.05, 4.69) is 20.9 Å². The Kier molecular flexibility index (Phi) is 5.18. The minimum Gasteiger partial charge on any atom is -0.772 e. The quantitative estimate of drug-likeness (QED) is 0.592. The number of rotatable bonds is 4. The van der Waals surface area contributed by atoms with Gasteiger partial charge < -0.3 is 4.55 Å². The molecule has 2 aromatic carbocycles. The summed E-state index contributed by atoms with van der Waals surface area (Å²) in [6.45, 7) is 0. The second-order valence-corrected chi connectivity index (χ2v) is 6.97. The van der Waals surface area contributed by atoms with Gasteiger partial charge in [-0.05, 0) is 35.4 Å². The van der Waals surface area contributed by atoms with Crippen LogP contribution >= 0.6 is 15.9 Å². The van der Waals surface area contributed by atoms with Crippen LogP contribution in [0.3, 0.4) is 0 Å². The molecule has 0 bridgehead atoms. The van der Waals surface area contributed by atoms with Gasteiger partial charge in [-0.3, -0.25) is 9.19 Å². The average molecular weight is 405 g/mol. The molecule has 0 N–H and O–H groups in total. The van der Waals surface area contributed by atoms with Crippen LogP contribution in [0.15, 0.2) is 65.3 Å². The van der Waals surface area contributed by atoms with Crippen molar-refractivity contribution < 1.29 is 13.2 Å². The number of hydrogen-bond donors (Lipinski definition) is 0. The normalized spacial score (nSPS) is 12.1. The van der Waals surface area contributed by atoms with Gasteiger partial charge in [0.1, 0.15) is 5.82 Å². The Balaban J connectivity index is 2.06. The molecule has 0 aliphatic heterocycles. The van der Waals surface area contributed by atoms with Crippen molar-refractivity contribution >= 4 is 27.0 Å². The summed E-state index contributed by atoms with van der Waals surface area (Å²) < 4.78 is 36.7. The lowest BCUT2D eigenvalue weighted by Crippen LogP contribution is -1.98. The molecule has 24 heavy (non-hydrogen) atoms. The van der Waals surface area contributed by atoms with Crippen molar-refractivity contribution in [1.29, 1.82) is 0 Å². The Hall–Kier alpha value is -1.89. The fraction of sp³-hybridized carbons (Fsp3) is 0.0556. The molecule has 0 aliphatic carbocycles. The van der Waals surface area contributed by atoms with E-state index in [1.165, 1.54) is 12.1 Å². The molecule has 122 valence electrons. The van der Waals surface area contributed by atoms with Crippen molar-refractivity contribution in [2.75, 3.05) is 0 Å². The molecule has 0 saturated heterocycles. The van der Waals surface area contributed by atoms with Crippen molar-refractivity contribution in [3.05, 3.63) is 76.6 Å². The maximum absolute atomic E-state index is 14.2. The molecule has 0 spiro atoms. The van der Waals surface area contributed by atoms with E-state index in [0.29, 0.717) is 11.3 Å². The number of aromatic nitrogens is 1. The molecule has 0 radical (unpaired) electrons. The first-order chi connectivity index (χ1) is 11.5. The smallest absolute Gasteiger partial charge is 0.127 e. The highest BCUT2D eigenvalue weighted by Crippen LogP contribution is 2.31. The van der Waals surface area contributed by atoms with E-state index in [4.69, 9.17) is 0 Å². The molecule has 1 unspecified atom stereocenters. The Bertz CT molecular complexity index is 900. The van der Waals surface area contributed by atoms with Gasteiger partial charge in [0.2, 0.25) is 0 Å². The minimum atomic E-state index is -2.32. The van der Waals surface area contributed by atoms with Crippen molar-refractivity contribution in [1.82, 2.24) is 4.98 Å². The van der Waals surface area contributed by atoms with E-state index in [9.17, 15) is 13.2 Å². The molecule has 0 saturated carbocycles. The zero-order valence-electron chi connectivity index (χ0n) is 12.4. The van der Waals surface area contributed by atoms with E-state index >= 15 is 0 Å².